The summed E-state index contributed by atoms with van der Waals surface area (Å²) < 4.78 is 13.7. The fourth-order valence-corrected chi connectivity index (χ4v) is 3.95. The Labute approximate surface area is 156 Å². The molecule has 0 spiro atoms. The van der Waals surface area contributed by atoms with Crippen molar-refractivity contribution in [1.82, 2.24) is 15.1 Å². The van der Waals surface area contributed by atoms with Gasteiger partial charge in [-0.15, -0.1) is 11.3 Å². The van der Waals surface area contributed by atoms with Gasteiger partial charge in [0.2, 0.25) is 5.91 Å². The van der Waals surface area contributed by atoms with E-state index in [9.17, 15) is 9.18 Å². The summed E-state index contributed by atoms with van der Waals surface area (Å²) in [4.78, 5) is 17.9. The highest BCUT2D eigenvalue weighted by molar-refractivity contribution is 7.16. The van der Waals surface area contributed by atoms with Crippen molar-refractivity contribution in [3.8, 4) is 0 Å². The summed E-state index contributed by atoms with van der Waals surface area (Å²) in [6, 6.07) is 10.2. The second-order valence-electron chi connectivity index (χ2n) is 6.16. The molecule has 4 nitrogen and oxygen atoms in total. The van der Waals surface area contributed by atoms with Crippen molar-refractivity contribution in [1.29, 1.82) is 0 Å². The molecular formula is C18H21ClFN3OS. The largest absolute Gasteiger partial charge is 0.351 e. The van der Waals surface area contributed by atoms with Gasteiger partial charge < -0.3 is 5.32 Å². The number of nitrogens with zero attached hydrogens (tertiary/aromatic N) is 2. The zero-order valence-corrected chi connectivity index (χ0v) is 15.5. The van der Waals surface area contributed by atoms with Crippen LogP contribution in [-0.2, 0) is 17.9 Å². The summed E-state index contributed by atoms with van der Waals surface area (Å²) in [5, 5.41) is 2.89. The molecule has 25 heavy (non-hydrogen) atoms. The number of amides is 1. The number of hydrogen-bond donors (Lipinski definition) is 1. The molecule has 1 saturated heterocycles. The number of rotatable bonds is 6. The predicted molar refractivity (Wildman–Crippen MR) is 99.3 cm³/mol. The maximum absolute atomic E-state index is 12.9. The first-order chi connectivity index (χ1) is 12.1. The summed E-state index contributed by atoms with van der Waals surface area (Å²) in [7, 11) is 0. The Balaban J connectivity index is 1.36. The highest BCUT2D eigenvalue weighted by Gasteiger charge is 2.19. The van der Waals surface area contributed by atoms with Crippen LogP contribution in [0.2, 0.25) is 4.34 Å². The Morgan fingerprint density at radius 3 is 2.40 bits per heavy atom. The van der Waals surface area contributed by atoms with Crippen LogP contribution in [0.25, 0.3) is 0 Å². The molecule has 0 saturated carbocycles. The number of hydrogen-bond acceptors (Lipinski definition) is 4. The van der Waals surface area contributed by atoms with Crippen LogP contribution in [-0.4, -0.2) is 48.4 Å². The highest BCUT2D eigenvalue weighted by atomic mass is 35.5. The van der Waals surface area contributed by atoms with Gasteiger partial charge in [-0.2, -0.15) is 0 Å². The molecule has 2 aromatic rings. The van der Waals surface area contributed by atoms with Gasteiger partial charge in [-0.05, 0) is 29.8 Å². The number of halogens is 2. The van der Waals surface area contributed by atoms with Crippen LogP contribution in [0.3, 0.4) is 0 Å². The van der Waals surface area contributed by atoms with Crippen LogP contribution in [0, 0.1) is 5.82 Å². The normalized spacial score (nSPS) is 16.1. The summed E-state index contributed by atoms with van der Waals surface area (Å²) in [6.07, 6.45) is 0. The van der Waals surface area contributed by atoms with Gasteiger partial charge in [-0.3, -0.25) is 14.6 Å². The quantitative estimate of drug-likeness (QED) is 0.835. The van der Waals surface area contributed by atoms with E-state index in [1.807, 2.05) is 6.07 Å². The molecule has 134 valence electrons. The fraction of sp³-hybridized carbons (Fsp3) is 0.389. The number of thiophene rings is 1. The van der Waals surface area contributed by atoms with Gasteiger partial charge >= 0.3 is 0 Å². The van der Waals surface area contributed by atoms with Gasteiger partial charge in [0.15, 0.2) is 0 Å². The minimum atomic E-state index is -0.266. The van der Waals surface area contributed by atoms with Gasteiger partial charge in [-0.25, -0.2) is 4.39 Å². The van der Waals surface area contributed by atoms with Crippen LogP contribution >= 0.6 is 22.9 Å². The van der Waals surface area contributed by atoms with E-state index in [-0.39, 0.29) is 11.7 Å². The molecule has 1 aliphatic heterocycles. The first-order valence-corrected chi connectivity index (χ1v) is 9.48. The smallest absolute Gasteiger partial charge is 0.234 e. The van der Waals surface area contributed by atoms with Crippen molar-refractivity contribution in [3.63, 3.8) is 0 Å². The predicted octanol–water partition coefficient (Wildman–Crippen LogP) is 2.97. The molecule has 0 aliphatic carbocycles. The maximum atomic E-state index is 12.9. The lowest BCUT2D eigenvalue weighted by atomic mass is 10.2. The molecule has 0 atom stereocenters. The maximum Gasteiger partial charge on any atom is 0.234 e. The van der Waals surface area contributed by atoms with Crippen molar-refractivity contribution in [2.75, 3.05) is 32.7 Å². The second kappa shape index (κ2) is 8.76. The van der Waals surface area contributed by atoms with Crippen LogP contribution in [0.5, 0.6) is 0 Å². The Hall–Kier alpha value is -1.47. The lowest BCUT2D eigenvalue weighted by Gasteiger charge is -2.34. The average Bonchev–Trinajstić information content (AvgIpc) is 3.01. The molecule has 2 heterocycles. The first-order valence-electron chi connectivity index (χ1n) is 8.28. The van der Waals surface area contributed by atoms with Gasteiger partial charge in [0.25, 0.3) is 0 Å². The zero-order valence-electron chi connectivity index (χ0n) is 13.9. The standard InChI is InChI=1S/C18H21ClFN3OS/c19-17-6-5-16(25-17)12-22-7-9-23(10-8-22)13-18(24)21-11-14-1-3-15(20)4-2-14/h1-6H,7-13H2,(H,21,24). The number of carbonyl (C=O) groups excluding carboxylic acids is 1. The number of benzene rings is 1. The molecule has 3 rings (SSSR count). The molecule has 1 aromatic carbocycles. The van der Waals surface area contributed by atoms with Gasteiger partial charge in [0.1, 0.15) is 5.82 Å². The lowest BCUT2D eigenvalue weighted by molar-refractivity contribution is -0.122. The van der Waals surface area contributed by atoms with Crippen molar-refractivity contribution in [3.05, 3.63) is 57.0 Å². The molecular weight excluding hydrogens is 361 g/mol. The summed E-state index contributed by atoms with van der Waals surface area (Å²) >= 11 is 7.59. The molecule has 0 radical (unpaired) electrons. The third-order valence-electron chi connectivity index (χ3n) is 4.24. The van der Waals surface area contributed by atoms with E-state index < -0.39 is 0 Å². The molecule has 7 heteroatoms. The molecule has 0 bridgehead atoms. The molecule has 1 amide bonds. The molecule has 1 aliphatic rings. The van der Waals surface area contributed by atoms with E-state index >= 15 is 0 Å². The first kappa shape index (κ1) is 18.3. The Morgan fingerprint density at radius 1 is 1.08 bits per heavy atom. The highest BCUT2D eigenvalue weighted by Crippen LogP contribution is 2.23. The minimum absolute atomic E-state index is 0.00261. The van der Waals surface area contributed by atoms with Gasteiger partial charge in [-0.1, -0.05) is 23.7 Å². The Morgan fingerprint density at radius 2 is 1.76 bits per heavy atom. The zero-order chi connectivity index (χ0) is 17.6. The molecule has 1 fully saturated rings. The Bertz CT molecular complexity index is 699. The number of carbonyl (C=O) groups is 1. The Kier molecular flexibility index (Phi) is 6.42. The van der Waals surface area contributed by atoms with Gasteiger partial charge in [0.05, 0.1) is 10.9 Å². The van der Waals surface area contributed by atoms with Crippen molar-refractivity contribution in [2.24, 2.45) is 0 Å². The van der Waals surface area contributed by atoms with E-state index in [2.05, 4.69) is 21.2 Å². The molecule has 1 N–H and O–H groups in total. The summed E-state index contributed by atoms with van der Waals surface area (Å²) in [6.45, 7) is 5.40. The van der Waals surface area contributed by atoms with E-state index in [1.165, 1.54) is 17.0 Å². The summed E-state index contributed by atoms with van der Waals surface area (Å²) in [5.74, 6) is -0.263. The van der Waals surface area contributed by atoms with Crippen molar-refractivity contribution >= 4 is 28.8 Å². The lowest BCUT2D eigenvalue weighted by Crippen LogP contribution is -2.48. The third-order valence-corrected chi connectivity index (χ3v) is 5.46. The topological polar surface area (TPSA) is 35.6 Å². The minimum Gasteiger partial charge on any atom is -0.351 e. The van der Waals surface area contributed by atoms with Crippen molar-refractivity contribution in [2.45, 2.75) is 13.1 Å². The molecule has 0 unspecified atom stereocenters. The van der Waals surface area contributed by atoms with Crippen LogP contribution in [0.15, 0.2) is 36.4 Å². The van der Waals surface area contributed by atoms with Crippen LogP contribution < -0.4 is 5.32 Å². The van der Waals surface area contributed by atoms with E-state index in [0.717, 1.165) is 42.6 Å². The van der Waals surface area contributed by atoms with E-state index in [4.69, 9.17) is 11.6 Å². The summed E-state index contributed by atoms with van der Waals surface area (Å²) in [5.41, 5.74) is 0.897. The van der Waals surface area contributed by atoms with Gasteiger partial charge in [0, 0.05) is 44.1 Å². The number of nitrogens with one attached hydrogen (secondary N) is 1. The van der Waals surface area contributed by atoms with Crippen LogP contribution in [0.4, 0.5) is 4.39 Å². The SMILES string of the molecule is O=C(CN1CCN(Cc2ccc(Cl)s2)CC1)NCc1ccc(F)cc1. The van der Waals surface area contributed by atoms with E-state index in [1.54, 1.807) is 23.5 Å². The fourth-order valence-electron chi connectivity index (χ4n) is 2.82. The van der Waals surface area contributed by atoms with Crippen LogP contribution in [0.1, 0.15) is 10.4 Å². The average molecular weight is 382 g/mol. The number of piperazine rings is 1. The second-order valence-corrected chi connectivity index (χ2v) is 7.96. The van der Waals surface area contributed by atoms with E-state index in [0.29, 0.717) is 13.1 Å². The third kappa shape index (κ3) is 5.78. The monoisotopic (exact) mass is 381 g/mol. The molecule has 1 aromatic heterocycles. The van der Waals surface area contributed by atoms with Crippen molar-refractivity contribution < 1.29 is 9.18 Å².